The Kier molecular flexibility index (Phi) is 6.34. The second-order valence-electron chi connectivity index (χ2n) is 5.20. The summed E-state index contributed by atoms with van der Waals surface area (Å²) in [6.45, 7) is 8.18. The first-order valence-corrected chi connectivity index (χ1v) is 9.07. The minimum atomic E-state index is 0.688. The number of hydrogen-bond acceptors (Lipinski definition) is 3. The third-order valence-electron chi connectivity index (χ3n) is 3.77. The van der Waals surface area contributed by atoms with E-state index in [0.29, 0.717) is 5.56 Å². The number of fused-ring (bicyclic) bond motifs is 1. The molecular weight excluding hydrogens is 314 g/mol. The number of aromatic amines is 1. The van der Waals surface area contributed by atoms with Gasteiger partial charge in [-0.25, -0.2) is 0 Å². The van der Waals surface area contributed by atoms with Crippen LogP contribution in [0, 0.1) is 18.3 Å². The van der Waals surface area contributed by atoms with Gasteiger partial charge in [0, 0.05) is 16.5 Å². The van der Waals surface area contributed by atoms with E-state index in [-0.39, 0.29) is 0 Å². The molecule has 2 aromatic carbocycles. The molecule has 0 aliphatic carbocycles. The first-order chi connectivity index (χ1) is 11.7. The quantitative estimate of drug-likeness (QED) is 0.569. The lowest BCUT2D eigenvalue weighted by atomic mass is 10.1. The number of anilines is 1. The number of nitrogens with one attached hydrogen (secondary N) is 2. The van der Waals surface area contributed by atoms with Crippen LogP contribution in [0.4, 0.5) is 5.69 Å². The average Bonchev–Trinajstić information content (AvgIpc) is 3.08. The number of benzene rings is 2. The zero-order valence-corrected chi connectivity index (χ0v) is 15.4. The highest BCUT2D eigenvalue weighted by Gasteiger charge is 2.10. The van der Waals surface area contributed by atoms with Crippen LogP contribution >= 0.6 is 11.9 Å². The molecule has 0 spiro atoms. The molecule has 1 aromatic heterocycles. The maximum atomic E-state index is 9.20. The average molecular weight is 337 g/mol. The van der Waals surface area contributed by atoms with Crippen molar-refractivity contribution in [3.8, 4) is 6.07 Å². The Morgan fingerprint density at radius 2 is 1.83 bits per heavy atom. The first kappa shape index (κ1) is 18.0. The molecule has 0 saturated heterocycles. The van der Waals surface area contributed by atoms with Gasteiger partial charge < -0.3 is 9.71 Å². The Morgan fingerprint density at radius 1 is 1.12 bits per heavy atom. The second kappa shape index (κ2) is 8.47. The predicted molar refractivity (Wildman–Crippen MR) is 104 cm³/mol. The number of rotatable bonds is 4. The molecule has 4 heteroatoms. The summed E-state index contributed by atoms with van der Waals surface area (Å²) in [6, 6.07) is 14.9. The zero-order chi connectivity index (χ0) is 17.5. The van der Waals surface area contributed by atoms with Gasteiger partial charge >= 0.3 is 0 Å². The summed E-state index contributed by atoms with van der Waals surface area (Å²) in [5, 5.41) is 10.2. The van der Waals surface area contributed by atoms with Gasteiger partial charge in [-0.15, -0.1) is 0 Å². The lowest BCUT2D eigenvalue weighted by Gasteiger charge is -2.09. The number of aryl methyl sites for hydroxylation is 2. The summed E-state index contributed by atoms with van der Waals surface area (Å²) in [4.78, 5) is 4.37. The first-order valence-electron chi connectivity index (χ1n) is 8.25. The van der Waals surface area contributed by atoms with Crippen LogP contribution in [0.1, 0.15) is 37.5 Å². The van der Waals surface area contributed by atoms with Crippen molar-refractivity contribution in [3.05, 3.63) is 59.3 Å². The maximum Gasteiger partial charge on any atom is 0.101 e. The molecule has 3 rings (SSSR count). The number of nitrogens with zero attached hydrogens (tertiary/aromatic N) is 1. The third-order valence-corrected chi connectivity index (χ3v) is 4.60. The van der Waals surface area contributed by atoms with E-state index in [1.807, 2.05) is 32.9 Å². The van der Waals surface area contributed by atoms with Gasteiger partial charge in [-0.1, -0.05) is 39.0 Å². The van der Waals surface area contributed by atoms with Gasteiger partial charge in [0.1, 0.15) is 6.07 Å². The summed E-state index contributed by atoms with van der Waals surface area (Å²) < 4.78 is 3.38. The van der Waals surface area contributed by atoms with Gasteiger partial charge in [0.25, 0.3) is 0 Å². The second-order valence-corrected chi connectivity index (χ2v) is 6.08. The molecule has 124 valence electrons. The molecule has 0 amide bonds. The van der Waals surface area contributed by atoms with Crippen molar-refractivity contribution >= 4 is 28.5 Å². The zero-order valence-electron chi connectivity index (χ0n) is 14.6. The van der Waals surface area contributed by atoms with Gasteiger partial charge in [0.05, 0.1) is 16.8 Å². The van der Waals surface area contributed by atoms with Gasteiger partial charge in [0.15, 0.2) is 0 Å². The van der Waals surface area contributed by atoms with Crippen LogP contribution in [0.3, 0.4) is 0 Å². The number of nitriles is 1. The van der Waals surface area contributed by atoms with Crippen molar-refractivity contribution < 1.29 is 0 Å². The predicted octanol–water partition coefficient (Wildman–Crippen LogP) is 6.06. The minimum absolute atomic E-state index is 0.688. The van der Waals surface area contributed by atoms with Crippen LogP contribution < -0.4 is 4.72 Å². The Balaban J connectivity index is 0.00000100. The highest BCUT2D eigenvalue weighted by Crippen LogP contribution is 2.31. The molecule has 24 heavy (non-hydrogen) atoms. The SMILES string of the molecule is CC.CCc1ccc(SNc2ccc(C)c3c(C#N)c[nH]c23)cc1. The summed E-state index contributed by atoms with van der Waals surface area (Å²) in [5.41, 5.74) is 5.11. The lowest BCUT2D eigenvalue weighted by Crippen LogP contribution is -1.90. The Labute approximate surface area is 148 Å². The van der Waals surface area contributed by atoms with Crippen molar-refractivity contribution in [1.82, 2.24) is 4.98 Å². The van der Waals surface area contributed by atoms with E-state index in [9.17, 15) is 5.26 Å². The fraction of sp³-hybridized carbons (Fsp3) is 0.250. The van der Waals surface area contributed by atoms with Crippen molar-refractivity contribution in [2.24, 2.45) is 0 Å². The summed E-state index contributed by atoms with van der Waals surface area (Å²) >= 11 is 1.58. The van der Waals surface area contributed by atoms with Gasteiger partial charge in [0.2, 0.25) is 0 Å². The number of aromatic nitrogens is 1. The van der Waals surface area contributed by atoms with Crippen molar-refractivity contribution in [1.29, 1.82) is 5.26 Å². The lowest BCUT2D eigenvalue weighted by molar-refractivity contribution is 1.13. The molecule has 0 bridgehead atoms. The number of hydrogen-bond donors (Lipinski definition) is 2. The molecule has 3 aromatic rings. The van der Waals surface area contributed by atoms with E-state index in [1.54, 1.807) is 18.1 Å². The van der Waals surface area contributed by atoms with E-state index in [0.717, 1.165) is 33.5 Å². The molecule has 0 unspecified atom stereocenters. The van der Waals surface area contributed by atoms with E-state index in [1.165, 1.54) is 5.56 Å². The highest BCUT2D eigenvalue weighted by atomic mass is 32.2. The molecule has 0 saturated carbocycles. The molecule has 0 radical (unpaired) electrons. The number of H-pyrrole nitrogens is 1. The molecule has 2 N–H and O–H groups in total. The van der Waals surface area contributed by atoms with Gasteiger partial charge in [-0.3, -0.25) is 0 Å². The van der Waals surface area contributed by atoms with Gasteiger partial charge in [-0.05, 0) is 54.6 Å². The Bertz CT molecular complexity index is 842. The van der Waals surface area contributed by atoms with Crippen LogP contribution in [0.25, 0.3) is 10.9 Å². The molecule has 0 aliphatic rings. The Hall–Kier alpha value is -2.38. The molecular formula is C20H23N3S. The van der Waals surface area contributed by atoms with E-state index >= 15 is 0 Å². The summed E-state index contributed by atoms with van der Waals surface area (Å²) in [7, 11) is 0. The topological polar surface area (TPSA) is 51.6 Å². The standard InChI is InChI=1S/C18H17N3S.C2H6/c1-3-13-5-7-15(8-6-13)22-21-16-9-4-12(2)17-14(10-19)11-20-18(16)17;1-2/h4-9,11,20-21H,3H2,1-2H3;1-2H3. The van der Waals surface area contributed by atoms with Crippen LogP contribution in [-0.2, 0) is 6.42 Å². The van der Waals surface area contributed by atoms with E-state index in [2.05, 4.69) is 47.0 Å². The normalized spacial score (nSPS) is 9.96. The van der Waals surface area contributed by atoms with Crippen LogP contribution in [0.5, 0.6) is 0 Å². The fourth-order valence-electron chi connectivity index (χ4n) is 2.50. The van der Waals surface area contributed by atoms with Crippen molar-refractivity contribution in [3.63, 3.8) is 0 Å². The van der Waals surface area contributed by atoms with Crippen molar-refractivity contribution in [2.75, 3.05) is 4.72 Å². The van der Waals surface area contributed by atoms with Crippen LogP contribution in [-0.4, -0.2) is 4.98 Å². The van der Waals surface area contributed by atoms with Crippen molar-refractivity contribution in [2.45, 2.75) is 39.0 Å². The monoisotopic (exact) mass is 337 g/mol. The smallest absolute Gasteiger partial charge is 0.101 e. The molecule has 3 nitrogen and oxygen atoms in total. The minimum Gasteiger partial charge on any atom is -0.358 e. The van der Waals surface area contributed by atoms with E-state index < -0.39 is 0 Å². The maximum absolute atomic E-state index is 9.20. The van der Waals surface area contributed by atoms with Crippen LogP contribution in [0.15, 0.2) is 47.5 Å². The third kappa shape index (κ3) is 3.74. The van der Waals surface area contributed by atoms with Crippen LogP contribution in [0.2, 0.25) is 0 Å². The van der Waals surface area contributed by atoms with E-state index in [4.69, 9.17) is 0 Å². The molecule has 0 aliphatic heterocycles. The Morgan fingerprint density at radius 3 is 2.46 bits per heavy atom. The molecule has 0 fully saturated rings. The summed E-state index contributed by atoms with van der Waals surface area (Å²) in [6.07, 6.45) is 2.82. The fourth-order valence-corrected chi connectivity index (χ4v) is 3.17. The highest BCUT2D eigenvalue weighted by molar-refractivity contribution is 8.00. The summed E-state index contributed by atoms with van der Waals surface area (Å²) in [5.74, 6) is 0. The van der Waals surface area contributed by atoms with Gasteiger partial charge in [-0.2, -0.15) is 5.26 Å². The molecule has 1 heterocycles. The molecule has 0 atom stereocenters. The largest absolute Gasteiger partial charge is 0.358 e.